The molecule has 0 amide bonds. The highest BCUT2D eigenvalue weighted by Crippen LogP contribution is 2.19. The van der Waals surface area contributed by atoms with Gasteiger partial charge in [0, 0.05) is 6.61 Å². The van der Waals surface area contributed by atoms with Crippen LogP contribution in [0.25, 0.3) is 0 Å². The van der Waals surface area contributed by atoms with Crippen molar-refractivity contribution >= 4 is 5.97 Å². The summed E-state index contributed by atoms with van der Waals surface area (Å²) < 4.78 is 5.45. The molecule has 0 spiro atoms. The van der Waals surface area contributed by atoms with Gasteiger partial charge in [0.05, 0.1) is 12.0 Å². The number of hydrogen-bond acceptors (Lipinski definition) is 2. The Bertz CT molecular complexity index is 162. The molecule has 76 valence electrons. The minimum Gasteiger partial charge on any atom is -0.481 e. The zero-order valence-electron chi connectivity index (χ0n) is 8.16. The molecule has 1 heterocycles. The van der Waals surface area contributed by atoms with Crippen LogP contribution in [0.1, 0.15) is 39.0 Å². The van der Waals surface area contributed by atoms with Gasteiger partial charge in [-0.15, -0.1) is 0 Å². The van der Waals surface area contributed by atoms with Crippen LogP contribution in [0, 0.1) is 5.92 Å². The van der Waals surface area contributed by atoms with Crippen LogP contribution in [0.15, 0.2) is 0 Å². The Kier molecular flexibility index (Phi) is 4.22. The topological polar surface area (TPSA) is 46.5 Å². The molecule has 0 aromatic heterocycles. The Balaban J connectivity index is 2.02. The van der Waals surface area contributed by atoms with E-state index in [-0.39, 0.29) is 5.92 Å². The molecule has 1 rings (SSSR count). The van der Waals surface area contributed by atoms with Crippen molar-refractivity contribution in [3.63, 3.8) is 0 Å². The van der Waals surface area contributed by atoms with Crippen LogP contribution in [0.5, 0.6) is 0 Å². The predicted molar refractivity (Wildman–Crippen MR) is 49.6 cm³/mol. The number of carboxylic acid groups (broad SMARTS) is 1. The van der Waals surface area contributed by atoms with Gasteiger partial charge in [-0.3, -0.25) is 4.79 Å². The van der Waals surface area contributed by atoms with Gasteiger partial charge in [0.1, 0.15) is 0 Å². The van der Waals surface area contributed by atoms with Crippen molar-refractivity contribution in [2.75, 3.05) is 6.61 Å². The number of carbonyl (C=O) groups is 1. The molecule has 0 bridgehead atoms. The zero-order chi connectivity index (χ0) is 9.68. The molecule has 1 N–H and O–H groups in total. The fourth-order valence-corrected chi connectivity index (χ4v) is 1.65. The van der Waals surface area contributed by atoms with E-state index in [1.807, 2.05) is 0 Å². The summed E-state index contributed by atoms with van der Waals surface area (Å²) >= 11 is 0. The number of hydrogen-bond donors (Lipinski definition) is 1. The minimum atomic E-state index is -0.688. The summed E-state index contributed by atoms with van der Waals surface area (Å²) in [7, 11) is 0. The molecule has 1 saturated heterocycles. The van der Waals surface area contributed by atoms with Crippen LogP contribution < -0.4 is 0 Å². The smallest absolute Gasteiger partial charge is 0.306 e. The van der Waals surface area contributed by atoms with E-state index in [0.29, 0.717) is 6.10 Å². The maximum Gasteiger partial charge on any atom is 0.306 e. The lowest BCUT2D eigenvalue weighted by Gasteiger charge is -2.10. The van der Waals surface area contributed by atoms with E-state index in [2.05, 4.69) is 0 Å². The lowest BCUT2D eigenvalue weighted by Crippen LogP contribution is -2.11. The average Bonchev–Trinajstić information content (AvgIpc) is 2.56. The van der Waals surface area contributed by atoms with Crippen molar-refractivity contribution in [1.82, 2.24) is 0 Å². The normalized spacial score (nSPS) is 24.5. The van der Waals surface area contributed by atoms with Gasteiger partial charge in [-0.05, 0) is 25.7 Å². The lowest BCUT2D eigenvalue weighted by atomic mass is 10.0. The van der Waals surface area contributed by atoms with Crippen LogP contribution in [0.3, 0.4) is 0 Å². The second kappa shape index (κ2) is 5.22. The Morgan fingerprint density at radius 3 is 3.00 bits per heavy atom. The summed E-state index contributed by atoms with van der Waals surface area (Å²) in [5.41, 5.74) is 0. The first kappa shape index (κ1) is 10.5. The number of ether oxygens (including phenoxy) is 1. The molecular weight excluding hydrogens is 168 g/mol. The van der Waals surface area contributed by atoms with E-state index in [4.69, 9.17) is 9.84 Å². The van der Waals surface area contributed by atoms with Crippen molar-refractivity contribution in [3.8, 4) is 0 Å². The van der Waals surface area contributed by atoms with Gasteiger partial charge < -0.3 is 9.84 Å². The average molecular weight is 186 g/mol. The molecule has 0 aromatic rings. The summed E-state index contributed by atoms with van der Waals surface area (Å²) in [5, 5.41) is 8.64. The SMILES string of the molecule is CC(CCCC1CCCO1)C(=O)O. The van der Waals surface area contributed by atoms with Gasteiger partial charge in [0.2, 0.25) is 0 Å². The summed E-state index contributed by atoms with van der Waals surface area (Å²) in [6.07, 6.45) is 5.49. The van der Waals surface area contributed by atoms with Crippen molar-refractivity contribution in [2.45, 2.75) is 45.1 Å². The molecule has 0 aromatic carbocycles. The van der Waals surface area contributed by atoms with E-state index >= 15 is 0 Å². The summed E-state index contributed by atoms with van der Waals surface area (Å²) in [5.74, 6) is -0.895. The molecule has 2 unspecified atom stereocenters. The summed E-state index contributed by atoms with van der Waals surface area (Å²) in [6, 6.07) is 0. The standard InChI is InChI=1S/C10H18O3/c1-8(10(11)12)4-2-5-9-6-3-7-13-9/h8-9H,2-7H2,1H3,(H,11,12). The molecule has 3 heteroatoms. The minimum absolute atomic E-state index is 0.207. The molecule has 1 aliphatic rings. The third-order valence-corrected chi connectivity index (χ3v) is 2.61. The monoisotopic (exact) mass is 186 g/mol. The molecule has 13 heavy (non-hydrogen) atoms. The third kappa shape index (κ3) is 3.77. The van der Waals surface area contributed by atoms with Gasteiger partial charge in [0.25, 0.3) is 0 Å². The zero-order valence-corrected chi connectivity index (χ0v) is 8.16. The van der Waals surface area contributed by atoms with Gasteiger partial charge in [-0.2, -0.15) is 0 Å². The lowest BCUT2D eigenvalue weighted by molar-refractivity contribution is -0.141. The molecule has 0 radical (unpaired) electrons. The van der Waals surface area contributed by atoms with Gasteiger partial charge in [-0.1, -0.05) is 13.3 Å². The Labute approximate surface area is 79.1 Å². The maximum atomic E-state index is 10.5. The Morgan fingerprint density at radius 1 is 1.69 bits per heavy atom. The van der Waals surface area contributed by atoms with Crippen molar-refractivity contribution in [1.29, 1.82) is 0 Å². The fourth-order valence-electron chi connectivity index (χ4n) is 1.65. The first-order chi connectivity index (χ1) is 6.20. The Hall–Kier alpha value is -0.570. The Morgan fingerprint density at radius 2 is 2.46 bits per heavy atom. The van der Waals surface area contributed by atoms with Gasteiger partial charge in [0.15, 0.2) is 0 Å². The number of rotatable bonds is 5. The van der Waals surface area contributed by atoms with Gasteiger partial charge in [-0.25, -0.2) is 0 Å². The van der Waals surface area contributed by atoms with Crippen LogP contribution in [0.4, 0.5) is 0 Å². The van der Waals surface area contributed by atoms with Crippen LogP contribution in [-0.2, 0) is 9.53 Å². The molecule has 2 atom stereocenters. The number of aliphatic carboxylic acids is 1. The van der Waals surface area contributed by atoms with E-state index in [1.165, 1.54) is 6.42 Å². The van der Waals surface area contributed by atoms with E-state index in [0.717, 1.165) is 32.3 Å². The van der Waals surface area contributed by atoms with Crippen LogP contribution >= 0.6 is 0 Å². The highest BCUT2D eigenvalue weighted by Gasteiger charge is 2.16. The quantitative estimate of drug-likeness (QED) is 0.714. The molecule has 1 aliphatic heterocycles. The molecule has 3 nitrogen and oxygen atoms in total. The highest BCUT2D eigenvalue weighted by molar-refractivity contribution is 5.69. The van der Waals surface area contributed by atoms with Gasteiger partial charge >= 0.3 is 5.97 Å². The molecular formula is C10H18O3. The summed E-state index contributed by atoms with van der Waals surface area (Å²) in [6.45, 7) is 2.65. The second-order valence-corrected chi connectivity index (χ2v) is 3.81. The largest absolute Gasteiger partial charge is 0.481 e. The molecule has 0 saturated carbocycles. The van der Waals surface area contributed by atoms with E-state index in [9.17, 15) is 4.79 Å². The fraction of sp³-hybridized carbons (Fsp3) is 0.900. The molecule has 1 fully saturated rings. The van der Waals surface area contributed by atoms with Crippen molar-refractivity contribution in [3.05, 3.63) is 0 Å². The maximum absolute atomic E-state index is 10.5. The van der Waals surface area contributed by atoms with E-state index in [1.54, 1.807) is 6.92 Å². The first-order valence-electron chi connectivity index (χ1n) is 5.04. The van der Waals surface area contributed by atoms with Crippen molar-refractivity contribution < 1.29 is 14.6 Å². The molecule has 0 aliphatic carbocycles. The third-order valence-electron chi connectivity index (χ3n) is 2.61. The summed E-state index contributed by atoms with van der Waals surface area (Å²) in [4.78, 5) is 10.5. The predicted octanol–water partition coefficient (Wildman–Crippen LogP) is 2.06. The number of carboxylic acids is 1. The van der Waals surface area contributed by atoms with Crippen LogP contribution in [0.2, 0.25) is 0 Å². The van der Waals surface area contributed by atoms with Crippen LogP contribution in [-0.4, -0.2) is 23.8 Å². The van der Waals surface area contributed by atoms with E-state index < -0.39 is 5.97 Å². The van der Waals surface area contributed by atoms with Crippen molar-refractivity contribution in [2.24, 2.45) is 5.92 Å². The highest BCUT2D eigenvalue weighted by atomic mass is 16.5. The first-order valence-corrected chi connectivity index (χ1v) is 5.04. The second-order valence-electron chi connectivity index (χ2n) is 3.81.